The molecule has 2 heterocycles. The molecule has 2 aliphatic rings. The molecule has 2 fully saturated rings. The molecule has 0 aromatic carbocycles. The molecule has 0 bridgehead atoms. The van der Waals surface area contributed by atoms with Gasteiger partial charge in [0, 0.05) is 38.8 Å². The zero-order valence-corrected chi connectivity index (χ0v) is 15.3. The molecule has 7 nitrogen and oxygen atoms in total. The predicted molar refractivity (Wildman–Crippen MR) is 91.0 cm³/mol. The molecule has 3 amide bonds. The molecule has 0 aromatic heterocycles. The zero-order valence-electron chi connectivity index (χ0n) is 15.3. The van der Waals surface area contributed by atoms with Crippen LogP contribution in [0.1, 0.15) is 47.0 Å². The van der Waals surface area contributed by atoms with Crippen molar-refractivity contribution in [2.24, 2.45) is 0 Å². The third-order valence-corrected chi connectivity index (χ3v) is 4.30. The number of piperidine rings is 1. The predicted octanol–water partition coefficient (Wildman–Crippen LogP) is 2.21. The van der Waals surface area contributed by atoms with Crippen molar-refractivity contribution in [3.8, 4) is 0 Å². The van der Waals surface area contributed by atoms with E-state index in [0.717, 1.165) is 39.0 Å². The third-order valence-electron chi connectivity index (χ3n) is 4.30. The van der Waals surface area contributed by atoms with Crippen molar-refractivity contribution < 1.29 is 19.1 Å². The van der Waals surface area contributed by atoms with Gasteiger partial charge in [-0.25, -0.2) is 9.59 Å². The smallest absolute Gasteiger partial charge is 0.410 e. The lowest BCUT2D eigenvalue weighted by Crippen LogP contribution is -2.49. The molecule has 138 valence electrons. The number of ether oxygens (including phenoxy) is 2. The van der Waals surface area contributed by atoms with Crippen LogP contribution in [0.2, 0.25) is 0 Å². The van der Waals surface area contributed by atoms with Gasteiger partial charge in [0.05, 0.1) is 6.10 Å². The van der Waals surface area contributed by atoms with Gasteiger partial charge >= 0.3 is 12.1 Å². The van der Waals surface area contributed by atoms with E-state index in [9.17, 15) is 9.59 Å². The summed E-state index contributed by atoms with van der Waals surface area (Å²) in [5, 5.41) is 3.04. The number of nitrogens with zero attached hydrogens (tertiary/aromatic N) is 2. The molecule has 0 aromatic rings. The number of amides is 3. The van der Waals surface area contributed by atoms with Gasteiger partial charge in [-0.1, -0.05) is 0 Å². The van der Waals surface area contributed by atoms with Crippen molar-refractivity contribution in [3.63, 3.8) is 0 Å². The van der Waals surface area contributed by atoms with Crippen molar-refractivity contribution in [2.45, 2.75) is 64.7 Å². The largest absolute Gasteiger partial charge is 0.444 e. The Bertz CT molecular complexity index is 442. The number of hydrogen-bond acceptors (Lipinski definition) is 4. The molecule has 24 heavy (non-hydrogen) atoms. The number of urea groups is 1. The summed E-state index contributed by atoms with van der Waals surface area (Å²) in [7, 11) is 0. The third kappa shape index (κ3) is 5.54. The van der Waals surface area contributed by atoms with E-state index in [4.69, 9.17) is 9.47 Å². The molecule has 0 saturated carbocycles. The lowest BCUT2D eigenvalue weighted by molar-refractivity contribution is 0.0214. The summed E-state index contributed by atoms with van der Waals surface area (Å²) in [4.78, 5) is 27.9. The van der Waals surface area contributed by atoms with E-state index in [1.54, 1.807) is 4.90 Å². The fourth-order valence-corrected chi connectivity index (χ4v) is 3.10. The fourth-order valence-electron chi connectivity index (χ4n) is 3.10. The maximum absolute atomic E-state index is 12.4. The van der Waals surface area contributed by atoms with Gasteiger partial charge in [0.25, 0.3) is 0 Å². The number of carbonyl (C=O) groups excluding carboxylic acids is 2. The molecule has 0 radical (unpaired) electrons. The fraction of sp³-hybridized carbons (Fsp3) is 0.882. The van der Waals surface area contributed by atoms with Gasteiger partial charge in [-0.3, -0.25) is 0 Å². The van der Waals surface area contributed by atoms with E-state index in [0.29, 0.717) is 13.1 Å². The van der Waals surface area contributed by atoms with Crippen molar-refractivity contribution >= 4 is 12.1 Å². The highest BCUT2D eigenvalue weighted by molar-refractivity contribution is 5.75. The Hall–Kier alpha value is -1.50. The van der Waals surface area contributed by atoms with Crippen molar-refractivity contribution in [3.05, 3.63) is 0 Å². The van der Waals surface area contributed by atoms with Gasteiger partial charge in [0.15, 0.2) is 0 Å². The molecule has 0 aliphatic carbocycles. The molecule has 0 spiro atoms. The second-order valence-electron chi connectivity index (χ2n) is 7.50. The zero-order chi connectivity index (χ0) is 17.7. The molecule has 2 aliphatic heterocycles. The van der Waals surface area contributed by atoms with Crippen LogP contribution in [0.5, 0.6) is 0 Å². The monoisotopic (exact) mass is 341 g/mol. The first-order valence-electron chi connectivity index (χ1n) is 8.93. The summed E-state index contributed by atoms with van der Waals surface area (Å²) in [6.45, 7) is 10.8. The summed E-state index contributed by atoms with van der Waals surface area (Å²) in [5.74, 6) is 0. The Morgan fingerprint density at radius 1 is 1.08 bits per heavy atom. The number of nitrogens with one attached hydrogen (secondary N) is 1. The minimum atomic E-state index is -0.497. The average molecular weight is 341 g/mol. The van der Waals surface area contributed by atoms with E-state index in [2.05, 4.69) is 5.32 Å². The quantitative estimate of drug-likeness (QED) is 0.854. The SMILES string of the molecule is CCOC1CCN(C(=O)NC2CCN(C(=O)OC(C)(C)C)C2)CC1. The molecule has 7 heteroatoms. The van der Waals surface area contributed by atoms with Crippen LogP contribution in [0.15, 0.2) is 0 Å². The first-order valence-corrected chi connectivity index (χ1v) is 8.93. The molecule has 1 unspecified atom stereocenters. The van der Waals surface area contributed by atoms with Gasteiger partial charge in [-0.05, 0) is 47.0 Å². The van der Waals surface area contributed by atoms with Crippen LogP contribution in [0.3, 0.4) is 0 Å². The number of hydrogen-bond donors (Lipinski definition) is 1. The van der Waals surface area contributed by atoms with E-state index in [1.165, 1.54) is 0 Å². The van der Waals surface area contributed by atoms with Crippen molar-refractivity contribution in [1.29, 1.82) is 0 Å². The van der Waals surface area contributed by atoms with Crippen LogP contribution in [0, 0.1) is 0 Å². The van der Waals surface area contributed by atoms with Gasteiger partial charge in [-0.15, -0.1) is 0 Å². The highest BCUT2D eigenvalue weighted by Gasteiger charge is 2.32. The average Bonchev–Trinajstić information content (AvgIpc) is 2.95. The maximum atomic E-state index is 12.4. The number of likely N-dealkylation sites (tertiary alicyclic amines) is 2. The minimum absolute atomic E-state index is 0.00497. The van der Waals surface area contributed by atoms with Crippen LogP contribution in [0.25, 0.3) is 0 Å². The van der Waals surface area contributed by atoms with Crippen LogP contribution in [-0.4, -0.2) is 72.5 Å². The summed E-state index contributed by atoms with van der Waals surface area (Å²) < 4.78 is 11.0. The van der Waals surface area contributed by atoms with E-state index >= 15 is 0 Å². The van der Waals surface area contributed by atoms with Gasteiger partial charge in [0.1, 0.15) is 5.60 Å². The second kappa shape index (κ2) is 8.05. The van der Waals surface area contributed by atoms with Crippen LogP contribution in [0.4, 0.5) is 9.59 Å². The van der Waals surface area contributed by atoms with E-state index in [-0.39, 0.29) is 24.3 Å². The van der Waals surface area contributed by atoms with Crippen LogP contribution >= 0.6 is 0 Å². The highest BCUT2D eigenvalue weighted by atomic mass is 16.6. The Balaban J connectivity index is 1.73. The molecular formula is C17H31N3O4. The van der Waals surface area contributed by atoms with Gasteiger partial charge < -0.3 is 24.6 Å². The second-order valence-corrected chi connectivity index (χ2v) is 7.50. The molecule has 1 N–H and O–H groups in total. The van der Waals surface area contributed by atoms with Crippen LogP contribution in [-0.2, 0) is 9.47 Å². The minimum Gasteiger partial charge on any atom is -0.444 e. The Morgan fingerprint density at radius 2 is 1.71 bits per heavy atom. The Labute approximate surface area is 144 Å². The Kier molecular flexibility index (Phi) is 6.32. The first kappa shape index (κ1) is 18.8. The summed E-state index contributed by atoms with van der Waals surface area (Å²) >= 11 is 0. The normalized spacial score (nSPS) is 22.6. The highest BCUT2D eigenvalue weighted by Crippen LogP contribution is 2.17. The topological polar surface area (TPSA) is 71.1 Å². The van der Waals surface area contributed by atoms with E-state index < -0.39 is 5.60 Å². The molecular weight excluding hydrogens is 310 g/mol. The summed E-state index contributed by atoms with van der Waals surface area (Å²) in [5.41, 5.74) is -0.497. The van der Waals surface area contributed by atoms with Crippen LogP contribution < -0.4 is 5.32 Å². The van der Waals surface area contributed by atoms with Crippen molar-refractivity contribution in [2.75, 3.05) is 32.8 Å². The lowest BCUT2D eigenvalue weighted by atomic mass is 10.1. The summed E-state index contributed by atoms with van der Waals surface area (Å²) in [6, 6.07) is -0.0457. The number of rotatable bonds is 3. The maximum Gasteiger partial charge on any atom is 0.410 e. The van der Waals surface area contributed by atoms with Crippen molar-refractivity contribution in [1.82, 2.24) is 15.1 Å². The number of carbonyl (C=O) groups is 2. The first-order chi connectivity index (χ1) is 11.3. The van der Waals surface area contributed by atoms with Gasteiger partial charge in [0.2, 0.25) is 0 Å². The summed E-state index contributed by atoms with van der Waals surface area (Å²) in [6.07, 6.45) is 2.50. The molecule has 2 rings (SSSR count). The molecule has 1 atom stereocenters. The lowest BCUT2D eigenvalue weighted by Gasteiger charge is -2.32. The standard InChI is InChI=1S/C17H31N3O4/c1-5-23-14-7-10-19(11-8-14)15(21)18-13-6-9-20(12-13)16(22)24-17(2,3)4/h13-14H,5-12H2,1-4H3,(H,18,21). The van der Waals surface area contributed by atoms with Gasteiger partial charge in [-0.2, -0.15) is 0 Å². The van der Waals surface area contributed by atoms with E-state index in [1.807, 2.05) is 32.6 Å². The Morgan fingerprint density at radius 3 is 2.29 bits per heavy atom. The molecule has 2 saturated heterocycles.